The van der Waals surface area contributed by atoms with Gasteiger partial charge in [-0.05, 0) is 49.6 Å². The summed E-state index contributed by atoms with van der Waals surface area (Å²) >= 11 is 0. The molecule has 0 saturated carbocycles. The molecule has 0 amide bonds. The summed E-state index contributed by atoms with van der Waals surface area (Å²) in [4.78, 5) is 7.25. The number of hydrogen-bond acceptors (Lipinski definition) is 4. The standard InChI is InChI=1S/C21H23N5/c1-15(17-10-8-16(13-22)9-11-17)26-20-7-3-2-6-19(20)24-21(26)25-12-4-5-18(23)14-25/h2-3,6-11,15,18H,4-5,12,14,23H2,1H3. The Morgan fingerprint density at radius 1 is 1.19 bits per heavy atom. The highest BCUT2D eigenvalue weighted by atomic mass is 15.3. The molecule has 0 radical (unpaired) electrons. The second kappa shape index (κ2) is 6.81. The Bertz CT molecular complexity index is 951. The van der Waals surface area contributed by atoms with Gasteiger partial charge in [-0.25, -0.2) is 4.98 Å². The molecule has 1 saturated heterocycles. The second-order valence-electron chi connectivity index (χ2n) is 7.03. The van der Waals surface area contributed by atoms with Gasteiger partial charge in [0.1, 0.15) is 0 Å². The first kappa shape index (κ1) is 16.6. The summed E-state index contributed by atoms with van der Waals surface area (Å²) in [7, 11) is 0. The van der Waals surface area contributed by atoms with Crippen molar-refractivity contribution in [2.45, 2.75) is 31.8 Å². The molecule has 0 bridgehead atoms. The molecule has 26 heavy (non-hydrogen) atoms. The van der Waals surface area contributed by atoms with Crippen LogP contribution in [0.25, 0.3) is 11.0 Å². The SMILES string of the molecule is CC(c1ccc(C#N)cc1)n1c(N2CCCC(N)C2)nc2ccccc21. The van der Waals surface area contributed by atoms with Crippen LogP contribution in [0.4, 0.5) is 5.95 Å². The van der Waals surface area contributed by atoms with Crippen LogP contribution in [0.15, 0.2) is 48.5 Å². The lowest BCUT2D eigenvalue weighted by atomic mass is 10.1. The summed E-state index contributed by atoms with van der Waals surface area (Å²) in [6.45, 7) is 4.00. The quantitative estimate of drug-likeness (QED) is 0.789. The van der Waals surface area contributed by atoms with Gasteiger partial charge in [-0.15, -0.1) is 0 Å². The van der Waals surface area contributed by atoms with Crippen molar-refractivity contribution in [1.82, 2.24) is 9.55 Å². The van der Waals surface area contributed by atoms with Gasteiger partial charge in [-0.1, -0.05) is 24.3 Å². The van der Waals surface area contributed by atoms with Crippen LogP contribution in [-0.4, -0.2) is 28.7 Å². The van der Waals surface area contributed by atoms with Gasteiger partial charge in [0.25, 0.3) is 0 Å². The van der Waals surface area contributed by atoms with Gasteiger partial charge in [0, 0.05) is 19.1 Å². The molecule has 1 aliphatic heterocycles. The van der Waals surface area contributed by atoms with Crippen molar-refractivity contribution in [2.75, 3.05) is 18.0 Å². The average Bonchev–Trinajstić information content (AvgIpc) is 3.07. The molecule has 2 unspecified atom stereocenters. The van der Waals surface area contributed by atoms with Crippen molar-refractivity contribution in [3.8, 4) is 6.07 Å². The van der Waals surface area contributed by atoms with E-state index >= 15 is 0 Å². The zero-order valence-corrected chi connectivity index (χ0v) is 15.0. The van der Waals surface area contributed by atoms with Gasteiger partial charge in [0.15, 0.2) is 0 Å². The second-order valence-corrected chi connectivity index (χ2v) is 7.03. The normalized spacial score (nSPS) is 18.7. The Hall–Kier alpha value is -2.84. The summed E-state index contributed by atoms with van der Waals surface area (Å²) in [6, 6.07) is 18.6. The number of hydrogen-bond donors (Lipinski definition) is 1. The maximum Gasteiger partial charge on any atom is 0.207 e. The van der Waals surface area contributed by atoms with Crippen LogP contribution in [0.2, 0.25) is 0 Å². The molecule has 2 aromatic carbocycles. The molecule has 2 heterocycles. The molecule has 2 N–H and O–H groups in total. The maximum absolute atomic E-state index is 9.05. The number of aromatic nitrogens is 2. The van der Waals surface area contributed by atoms with E-state index in [1.54, 1.807) is 0 Å². The molecule has 1 fully saturated rings. The van der Waals surface area contributed by atoms with Gasteiger partial charge in [0.05, 0.1) is 28.7 Å². The summed E-state index contributed by atoms with van der Waals surface area (Å²) < 4.78 is 2.30. The van der Waals surface area contributed by atoms with E-state index in [1.807, 2.05) is 30.3 Å². The van der Waals surface area contributed by atoms with E-state index < -0.39 is 0 Å². The summed E-state index contributed by atoms with van der Waals surface area (Å²) in [5, 5.41) is 9.05. The first-order chi connectivity index (χ1) is 12.7. The predicted octanol–water partition coefficient (Wildman–Crippen LogP) is 3.44. The molecule has 1 aliphatic rings. The van der Waals surface area contributed by atoms with Gasteiger partial charge in [0.2, 0.25) is 5.95 Å². The maximum atomic E-state index is 9.05. The molecule has 1 aromatic heterocycles. The monoisotopic (exact) mass is 345 g/mol. The molecular weight excluding hydrogens is 322 g/mol. The van der Waals surface area contributed by atoms with E-state index in [0.29, 0.717) is 5.56 Å². The molecule has 4 rings (SSSR count). The number of imidazole rings is 1. The Morgan fingerprint density at radius 3 is 2.69 bits per heavy atom. The fourth-order valence-electron chi connectivity index (χ4n) is 3.81. The van der Waals surface area contributed by atoms with Crippen molar-refractivity contribution in [3.63, 3.8) is 0 Å². The first-order valence-electron chi connectivity index (χ1n) is 9.15. The van der Waals surface area contributed by atoms with Gasteiger partial charge in [-0.3, -0.25) is 0 Å². The Kier molecular flexibility index (Phi) is 4.36. The van der Waals surface area contributed by atoms with Crippen molar-refractivity contribution in [2.24, 2.45) is 5.73 Å². The molecular formula is C21H23N5. The van der Waals surface area contributed by atoms with Crippen LogP contribution in [0.1, 0.15) is 36.9 Å². The van der Waals surface area contributed by atoms with E-state index in [2.05, 4.69) is 40.7 Å². The number of rotatable bonds is 3. The fraction of sp³-hybridized carbons (Fsp3) is 0.333. The number of piperidine rings is 1. The van der Waals surface area contributed by atoms with Crippen molar-refractivity contribution in [1.29, 1.82) is 5.26 Å². The van der Waals surface area contributed by atoms with Crippen LogP contribution >= 0.6 is 0 Å². The Labute approximate surface area is 153 Å². The number of benzene rings is 2. The summed E-state index contributed by atoms with van der Waals surface area (Å²) in [6.07, 6.45) is 2.16. The highest BCUT2D eigenvalue weighted by Gasteiger charge is 2.25. The number of anilines is 1. The molecule has 5 nitrogen and oxygen atoms in total. The van der Waals surface area contributed by atoms with Crippen molar-refractivity contribution in [3.05, 3.63) is 59.7 Å². The minimum absolute atomic E-state index is 0.114. The number of para-hydroxylation sites is 2. The van der Waals surface area contributed by atoms with Gasteiger partial charge in [-0.2, -0.15) is 5.26 Å². The highest BCUT2D eigenvalue weighted by Crippen LogP contribution is 2.31. The minimum Gasteiger partial charge on any atom is -0.341 e. The zero-order chi connectivity index (χ0) is 18.1. The van der Waals surface area contributed by atoms with Gasteiger partial charge < -0.3 is 15.2 Å². The van der Waals surface area contributed by atoms with E-state index in [1.165, 1.54) is 0 Å². The van der Waals surface area contributed by atoms with Crippen molar-refractivity contribution >= 4 is 17.0 Å². The molecule has 132 valence electrons. The Morgan fingerprint density at radius 2 is 1.96 bits per heavy atom. The zero-order valence-electron chi connectivity index (χ0n) is 15.0. The third-order valence-corrected chi connectivity index (χ3v) is 5.23. The van der Waals surface area contributed by atoms with Crippen molar-refractivity contribution < 1.29 is 0 Å². The number of nitrogens with two attached hydrogens (primary N) is 1. The van der Waals surface area contributed by atoms with Crippen LogP contribution in [-0.2, 0) is 0 Å². The third-order valence-electron chi connectivity index (χ3n) is 5.23. The fourth-order valence-corrected chi connectivity index (χ4v) is 3.81. The van der Waals surface area contributed by atoms with Gasteiger partial charge >= 0.3 is 0 Å². The first-order valence-corrected chi connectivity index (χ1v) is 9.15. The Balaban J connectivity index is 1.81. The predicted molar refractivity (Wildman–Crippen MR) is 104 cm³/mol. The van der Waals surface area contributed by atoms with E-state index in [9.17, 15) is 0 Å². The van der Waals surface area contributed by atoms with E-state index in [-0.39, 0.29) is 12.1 Å². The van der Waals surface area contributed by atoms with E-state index in [4.69, 9.17) is 16.0 Å². The lowest BCUT2D eigenvalue weighted by Gasteiger charge is -2.33. The average molecular weight is 345 g/mol. The number of fused-ring (bicyclic) bond motifs is 1. The van der Waals surface area contributed by atoms with Crippen LogP contribution < -0.4 is 10.6 Å². The summed E-state index contributed by atoms with van der Waals surface area (Å²) in [5.41, 5.74) is 10.2. The highest BCUT2D eigenvalue weighted by molar-refractivity contribution is 5.79. The molecule has 0 aliphatic carbocycles. The third kappa shape index (κ3) is 2.93. The number of nitrogens with zero attached hydrogens (tertiary/aromatic N) is 4. The van der Waals surface area contributed by atoms with Crippen LogP contribution in [0.5, 0.6) is 0 Å². The molecule has 0 spiro atoms. The molecule has 5 heteroatoms. The minimum atomic E-state index is 0.114. The molecule has 3 aromatic rings. The number of nitriles is 1. The van der Waals surface area contributed by atoms with Crippen LogP contribution in [0, 0.1) is 11.3 Å². The van der Waals surface area contributed by atoms with Crippen LogP contribution in [0.3, 0.4) is 0 Å². The largest absolute Gasteiger partial charge is 0.341 e. The lowest BCUT2D eigenvalue weighted by molar-refractivity contribution is 0.490. The summed E-state index contributed by atoms with van der Waals surface area (Å²) in [5.74, 6) is 0.984. The van der Waals surface area contributed by atoms with E-state index in [0.717, 1.165) is 48.5 Å². The topological polar surface area (TPSA) is 70.9 Å². The lowest BCUT2D eigenvalue weighted by Crippen LogP contribution is -2.44. The smallest absolute Gasteiger partial charge is 0.207 e. The molecule has 2 atom stereocenters.